The van der Waals surface area contributed by atoms with E-state index in [9.17, 15) is 13.6 Å². The van der Waals surface area contributed by atoms with Crippen LogP contribution in [0.1, 0.15) is 12.8 Å². The van der Waals surface area contributed by atoms with Gasteiger partial charge in [0.15, 0.2) is 0 Å². The Bertz CT molecular complexity index is 434. The number of amides is 2. The lowest BCUT2D eigenvalue weighted by molar-refractivity contribution is 0.0261. The molecule has 0 spiro atoms. The van der Waals surface area contributed by atoms with E-state index in [-0.39, 0.29) is 17.9 Å². The van der Waals surface area contributed by atoms with Crippen LogP contribution >= 0.6 is 0 Å². The maximum Gasteiger partial charge on any atom is 0.320 e. The van der Waals surface area contributed by atoms with E-state index in [1.165, 1.54) is 0 Å². The Balaban J connectivity index is 1.26. The van der Waals surface area contributed by atoms with E-state index in [0.717, 1.165) is 13.1 Å². The van der Waals surface area contributed by atoms with Crippen molar-refractivity contribution in [2.75, 3.05) is 52.5 Å². The second-order valence-corrected chi connectivity index (χ2v) is 6.92. The molecule has 0 bridgehead atoms. The number of halogens is 2. The average Bonchev–Trinajstić information content (AvgIpc) is 2.93. The molecule has 5 nitrogen and oxygen atoms in total. The third-order valence-corrected chi connectivity index (χ3v) is 5.80. The van der Waals surface area contributed by atoms with Crippen molar-refractivity contribution in [3.8, 4) is 0 Å². The molecule has 2 amide bonds. The lowest BCUT2D eigenvalue weighted by atomic mass is 10.1. The van der Waals surface area contributed by atoms with E-state index in [2.05, 4.69) is 4.90 Å². The third kappa shape index (κ3) is 2.38. The summed E-state index contributed by atoms with van der Waals surface area (Å²) in [5, 5.41) is 0. The molecule has 2 aliphatic carbocycles. The van der Waals surface area contributed by atoms with Gasteiger partial charge < -0.3 is 14.5 Å². The normalized spacial score (nSPS) is 38.0. The lowest BCUT2D eigenvalue weighted by Gasteiger charge is -2.41. The summed E-state index contributed by atoms with van der Waals surface area (Å²) in [5.41, 5.74) is 0. The summed E-state index contributed by atoms with van der Waals surface area (Å²) in [6.45, 7) is 5.60. The van der Waals surface area contributed by atoms with Crippen molar-refractivity contribution >= 4 is 6.03 Å². The number of rotatable bonds is 1. The van der Waals surface area contributed by atoms with Crippen LogP contribution in [0, 0.1) is 11.8 Å². The molecule has 2 saturated carbocycles. The maximum absolute atomic E-state index is 13.3. The fraction of sp³-hybridized carbons (Fsp3) is 0.933. The van der Waals surface area contributed by atoms with Gasteiger partial charge in [-0.1, -0.05) is 0 Å². The van der Waals surface area contributed by atoms with Crippen LogP contribution in [-0.4, -0.2) is 85.2 Å². The summed E-state index contributed by atoms with van der Waals surface area (Å²) < 4.78 is 31.8. The van der Waals surface area contributed by atoms with Crippen molar-refractivity contribution in [1.29, 1.82) is 0 Å². The Morgan fingerprint density at radius 1 is 0.909 bits per heavy atom. The minimum Gasteiger partial charge on any atom is -0.378 e. The second kappa shape index (κ2) is 5.30. The minimum atomic E-state index is -2.38. The zero-order valence-corrected chi connectivity index (χ0v) is 12.7. The fourth-order valence-corrected chi connectivity index (χ4v) is 4.32. The van der Waals surface area contributed by atoms with Gasteiger partial charge in [0, 0.05) is 57.1 Å². The molecule has 124 valence electrons. The SMILES string of the molecule is O=C(N1CCOCC1)N1CCN(C2CC3C(C2)C3(F)F)CC1. The van der Waals surface area contributed by atoms with E-state index in [0.29, 0.717) is 58.3 Å². The molecule has 2 heterocycles. The molecule has 2 unspecified atom stereocenters. The molecule has 0 N–H and O–H groups in total. The van der Waals surface area contributed by atoms with Gasteiger partial charge in [0.25, 0.3) is 5.92 Å². The van der Waals surface area contributed by atoms with E-state index in [1.807, 2.05) is 9.80 Å². The molecular weight excluding hydrogens is 292 g/mol. The number of hydrogen-bond donors (Lipinski definition) is 0. The van der Waals surface area contributed by atoms with Crippen molar-refractivity contribution in [3.63, 3.8) is 0 Å². The number of alkyl halides is 2. The van der Waals surface area contributed by atoms with Gasteiger partial charge in [0.1, 0.15) is 0 Å². The standard InChI is InChI=1S/C15H23F2N3O2/c16-15(17)12-9-11(10-13(12)15)18-1-3-19(4-2-18)14(21)20-5-7-22-8-6-20/h11-13H,1-10H2. The van der Waals surface area contributed by atoms with Gasteiger partial charge in [-0.2, -0.15) is 0 Å². The van der Waals surface area contributed by atoms with Crippen molar-refractivity contribution in [2.24, 2.45) is 11.8 Å². The van der Waals surface area contributed by atoms with Crippen LogP contribution in [0.5, 0.6) is 0 Å². The van der Waals surface area contributed by atoms with Crippen molar-refractivity contribution in [1.82, 2.24) is 14.7 Å². The molecule has 2 aliphatic heterocycles. The predicted octanol–water partition coefficient (Wildman–Crippen LogP) is 1.10. The number of carbonyl (C=O) groups is 1. The van der Waals surface area contributed by atoms with Gasteiger partial charge in [-0.3, -0.25) is 4.90 Å². The predicted molar refractivity (Wildman–Crippen MR) is 75.9 cm³/mol. The molecule has 4 fully saturated rings. The minimum absolute atomic E-state index is 0.101. The molecule has 4 aliphatic rings. The summed E-state index contributed by atoms with van der Waals surface area (Å²) in [4.78, 5) is 18.5. The summed E-state index contributed by atoms with van der Waals surface area (Å²) in [6.07, 6.45) is 1.27. The lowest BCUT2D eigenvalue weighted by Crippen LogP contribution is -2.56. The van der Waals surface area contributed by atoms with Crippen molar-refractivity contribution in [3.05, 3.63) is 0 Å². The van der Waals surface area contributed by atoms with E-state index < -0.39 is 5.92 Å². The number of fused-ring (bicyclic) bond motifs is 1. The summed E-state index contributed by atoms with van der Waals surface area (Å²) in [6, 6.07) is 0.402. The van der Waals surface area contributed by atoms with Gasteiger partial charge in [-0.05, 0) is 12.8 Å². The molecular formula is C15H23F2N3O2. The first-order chi connectivity index (χ1) is 10.6. The summed E-state index contributed by atoms with van der Waals surface area (Å²) in [5.74, 6) is -3.12. The van der Waals surface area contributed by atoms with Crippen LogP contribution in [-0.2, 0) is 4.74 Å². The number of morpholine rings is 1. The largest absolute Gasteiger partial charge is 0.378 e. The first kappa shape index (κ1) is 14.6. The Morgan fingerprint density at radius 2 is 1.45 bits per heavy atom. The molecule has 7 heteroatoms. The van der Waals surface area contributed by atoms with Crippen LogP contribution in [0.2, 0.25) is 0 Å². The van der Waals surface area contributed by atoms with Crippen LogP contribution < -0.4 is 0 Å². The highest BCUT2D eigenvalue weighted by molar-refractivity contribution is 5.74. The summed E-state index contributed by atoms with van der Waals surface area (Å²) in [7, 11) is 0. The van der Waals surface area contributed by atoms with Gasteiger partial charge in [0.2, 0.25) is 0 Å². The number of urea groups is 1. The Hall–Kier alpha value is -0.950. The first-order valence-electron chi connectivity index (χ1n) is 8.31. The quantitative estimate of drug-likeness (QED) is 0.727. The van der Waals surface area contributed by atoms with Gasteiger partial charge in [0.05, 0.1) is 13.2 Å². The van der Waals surface area contributed by atoms with E-state index in [1.54, 1.807) is 0 Å². The number of piperazine rings is 1. The van der Waals surface area contributed by atoms with Gasteiger partial charge in [-0.15, -0.1) is 0 Å². The molecule has 0 aromatic carbocycles. The van der Waals surface area contributed by atoms with Crippen molar-refractivity contribution < 1.29 is 18.3 Å². The van der Waals surface area contributed by atoms with Crippen LogP contribution in [0.15, 0.2) is 0 Å². The maximum atomic E-state index is 13.3. The highest BCUT2D eigenvalue weighted by Gasteiger charge is 2.71. The molecule has 2 atom stereocenters. The number of hydrogen-bond acceptors (Lipinski definition) is 3. The molecule has 4 rings (SSSR count). The Morgan fingerprint density at radius 3 is 2.05 bits per heavy atom. The molecule has 0 aromatic heterocycles. The molecule has 2 saturated heterocycles. The van der Waals surface area contributed by atoms with Crippen molar-refractivity contribution in [2.45, 2.75) is 24.8 Å². The topological polar surface area (TPSA) is 36.0 Å². The van der Waals surface area contributed by atoms with E-state index in [4.69, 9.17) is 4.74 Å². The Labute approximate surface area is 129 Å². The zero-order valence-electron chi connectivity index (χ0n) is 12.7. The smallest absolute Gasteiger partial charge is 0.320 e. The fourth-order valence-electron chi connectivity index (χ4n) is 4.32. The van der Waals surface area contributed by atoms with E-state index >= 15 is 0 Å². The number of nitrogens with zero attached hydrogens (tertiary/aromatic N) is 3. The van der Waals surface area contributed by atoms with Crippen LogP contribution in [0.25, 0.3) is 0 Å². The zero-order chi connectivity index (χ0) is 15.3. The number of ether oxygens (including phenoxy) is 1. The molecule has 0 radical (unpaired) electrons. The van der Waals surface area contributed by atoms with Crippen LogP contribution in [0.4, 0.5) is 13.6 Å². The second-order valence-electron chi connectivity index (χ2n) is 6.92. The van der Waals surface area contributed by atoms with Crippen LogP contribution in [0.3, 0.4) is 0 Å². The highest BCUT2D eigenvalue weighted by atomic mass is 19.3. The third-order valence-electron chi connectivity index (χ3n) is 5.80. The molecule has 22 heavy (non-hydrogen) atoms. The molecule has 0 aromatic rings. The average molecular weight is 315 g/mol. The first-order valence-corrected chi connectivity index (χ1v) is 8.31. The monoisotopic (exact) mass is 315 g/mol. The number of carbonyl (C=O) groups excluding carboxylic acids is 1. The summed E-state index contributed by atoms with van der Waals surface area (Å²) >= 11 is 0. The van der Waals surface area contributed by atoms with Gasteiger partial charge in [-0.25, -0.2) is 13.6 Å². The Kier molecular flexibility index (Phi) is 3.52. The van der Waals surface area contributed by atoms with Gasteiger partial charge >= 0.3 is 6.03 Å². The highest BCUT2D eigenvalue weighted by Crippen LogP contribution is 2.64.